The zero-order valence-electron chi connectivity index (χ0n) is 62.2. The van der Waals surface area contributed by atoms with Crippen molar-refractivity contribution in [3.63, 3.8) is 0 Å². The molecular weight excluding hydrogens is 1610 g/mol. The molecule has 0 aliphatic carbocycles. The average Bonchev–Trinajstić information content (AvgIpc) is 1.54. The van der Waals surface area contributed by atoms with E-state index in [9.17, 15) is 0 Å². The first-order valence-corrected chi connectivity index (χ1v) is 43.0. The van der Waals surface area contributed by atoms with E-state index in [0.717, 1.165) is 91.3 Å². The van der Waals surface area contributed by atoms with Gasteiger partial charge in [-0.2, -0.15) is 0 Å². The number of fused-ring (bicyclic) bond motifs is 18. The standard InChI is InChI=1S/3C26H15ClN2S.C24H13ClN2S/c27-26-28-24(23-21-7-3-4-8-22(21)30-25(23)29-26)18-12-9-17(10-13-18)20-14-11-16-5-1-2-6-19(16)15-20;27-26-28-24(23-21-12-6-7-13-22(21)30-25(23)29-26)20-15-14-17(16-8-2-1-3-9-16)18-10-4-5-11-19(18)20;27-26-28-24(23-21-8-4-5-9-22(21)30-25(23)29-26)20-13-12-18-14-17(10-11-19(18)15-20)16-6-2-1-3-7-16;25-24-26-22(21-18-11-5-6-12-20(18)28-23(21)27-24)19-13-14-7-1-2-8-15(14)16-9-3-4-10-17(16)19/h3*1-15H;1-13H. The second-order valence-electron chi connectivity index (χ2n) is 28.5. The lowest BCUT2D eigenvalue weighted by Crippen LogP contribution is -1.91. The maximum Gasteiger partial charge on any atom is 0.224 e. The molecule has 0 aliphatic rings. The molecule has 0 N–H and O–H groups in total. The SMILES string of the molecule is Clc1nc(-c2cc3ccccc3c3ccccc23)c2c(n1)sc1ccccc12.Clc1nc(-c2ccc(-c3ccc4ccccc4c3)cc2)c2c(n1)sc1ccccc12.Clc1nc(-c2ccc(-c3ccccc3)c3ccccc23)c2c(n1)sc1ccccc12.Clc1nc(-c2ccc3cc(-c4ccccc4)ccc3c2)c2c(n1)sc1ccccc12. The monoisotopic (exact) mass is 1660 g/mol. The molecule has 24 aromatic rings. The Hall–Kier alpha value is -12.8. The number of hydrogen-bond donors (Lipinski definition) is 0. The van der Waals surface area contributed by atoms with Crippen LogP contribution in [-0.4, -0.2) is 39.9 Å². The number of halogens is 4. The van der Waals surface area contributed by atoms with Crippen LogP contribution in [0.25, 0.3) is 213 Å². The Morgan fingerprint density at radius 3 is 0.958 bits per heavy atom. The molecule has 0 aliphatic heterocycles. The van der Waals surface area contributed by atoms with Crippen molar-refractivity contribution in [1.82, 2.24) is 39.9 Å². The predicted octanol–water partition coefficient (Wildman–Crippen LogP) is 31.4. The van der Waals surface area contributed by atoms with Gasteiger partial charge in [-0.25, -0.2) is 39.9 Å². The van der Waals surface area contributed by atoms with Gasteiger partial charge in [0.15, 0.2) is 0 Å². The van der Waals surface area contributed by atoms with Crippen LogP contribution in [-0.2, 0) is 0 Å². The van der Waals surface area contributed by atoms with E-state index in [1.165, 1.54) is 122 Å². The molecule has 8 nitrogen and oxygen atoms in total. The molecule has 0 amide bonds. The maximum atomic E-state index is 6.36. The van der Waals surface area contributed by atoms with Crippen molar-refractivity contribution in [2.24, 2.45) is 0 Å². The molecule has 0 saturated carbocycles. The van der Waals surface area contributed by atoms with Gasteiger partial charge in [-0.1, -0.05) is 303 Å². The van der Waals surface area contributed by atoms with Gasteiger partial charge in [-0.05, 0) is 182 Å². The number of nitrogens with zero attached hydrogens (tertiary/aromatic N) is 8. The Morgan fingerprint density at radius 1 is 0.169 bits per heavy atom. The first-order valence-electron chi connectivity index (χ1n) is 38.2. The zero-order chi connectivity index (χ0) is 78.9. The Morgan fingerprint density at radius 2 is 0.466 bits per heavy atom. The number of aromatic nitrogens is 8. The lowest BCUT2D eigenvalue weighted by atomic mass is 9.93. The van der Waals surface area contributed by atoms with Gasteiger partial charge in [-0.15, -0.1) is 45.3 Å². The topological polar surface area (TPSA) is 103 Å². The highest BCUT2D eigenvalue weighted by Crippen LogP contribution is 2.47. The molecule has 0 saturated heterocycles. The van der Waals surface area contributed by atoms with Gasteiger partial charge in [-0.3, -0.25) is 0 Å². The van der Waals surface area contributed by atoms with Crippen molar-refractivity contribution >= 4 is 227 Å². The van der Waals surface area contributed by atoms with Crippen LogP contribution >= 0.6 is 91.8 Å². The molecule has 24 rings (SSSR count). The van der Waals surface area contributed by atoms with E-state index in [1.54, 1.807) is 45.3 Å². The predicted molar refractivity (Wildman–Crippen MR) is 505 cm³/mol. The lowest BCUT2D eigenvalue weighted by molar-refractivity contribution is 1.24. The summed E-state index contributed by atoms with van der Waals surface area (Å²) in [7, 11) is 0. The minimum Gasteiger partial charge on any atom is -0.217 e. The van der Waals surface area contributed by atoms with Crippen LogP contribution < -0.4 is 0 Å². The van der Waals surface area contributed by atoms with Crippen LogP contribution in [0.3, 0.4) is 0 Å². The molecule has 16 heteroatoms. The van der Waals surface area contributed by atoms with Crippen molar-refractivity contribution in [1.29, 1.82) is 0 Å². The maximum absolute atomic E-state index is 6.36. The van der Waals surface area contributed by atoms with Gasteiger partial charge in [0.25, 0.3) is 0 Å². The van der Waals surface area contributed by atoms with E-state index in [2.05, 4.69) is 357 Å². The van der Waals surface area contributed by atoms with Gasteiger partial charge in [0.2, 0.25) is 21.1 Å². The van der Waals surface area contributed by atoms with E-state index in [0.29, 0.717) is 0 Å². The largest absolute Gasteiger partial charge is 0.224 e. The van der Waals surface area contributed by atoms with Crippen molar-refractivity contribution in [2.45, 2.75) is 0 Å². The fraction of sp³-hybridized carbons (Fsp3) is 0. The van der Waals surface area contributed by atoms with E-state index in [4.69, 9.17) is 56.4 Å². The van der Waals surface area contributed by atoms with Crippen molar-refractivity contribution in [3.8, 4) is 78.4 Å². The first-order chi connectivity index (χ1) is 58.1. The molecule has 8 aromatic heterocycles. The number of benzene rings is 16. The third-order valence-corrected chi connectivity index (χ3v) is 26.5. The summed E-state index contributed by atoms with van der Waals surface area (Å²) in [5, 5.41) is 22.1. The Balaban J connectivity index is 0.0000000978. The Labute approximate surface area is 711 Å². The second kappa shape index (κ2) is 31.0. The molecule has 118 heavy (non-hydrogen) atoms. The highest BCUT2D eigenvalue weighted by atomic mass is 35.5. The van der Waals surface area contributed by atoms with Gasteiger partial charge in [0.05, 0.1) is 22.8 Å². The minimum absolute atomic E-state index is 0.278. The highest BCUT2D eigenvalue weighted by Gasteiger charge is 2.23. The fourth-order valence-electron chi connectivity index (χ4n) is 16.2. The summed E-state index contributed by atoms with van der Waals surface area (Å²) in [6.45, 7) is 0. The van der Waals surface area contributed by atoms with Gasteiger partial charge >= 0.3 is 0 Å². The third kappa shape index (κ3) is 13.6. The molecule has 0 spiro atoms. The van der Waals surface area contributed by atoms with Crippen LogP contribution in [0, 0.1) is 0 Å². The normalized spacial score (nSPS) is 11.6. The smallest absolute Gasteiger partial charge is 0.217 e. The lowest BCUT2D eigenvalue weighted by Gasteiger charge is -2.12. The third-order valence-electron chi connectivity index (χ3n) is 21.6. The van der Waals surface area contributed by atoms with Gasteiger partial charge in [0, 0.05) is 84.1 Å². The van der Waals surface area contributed by atoms with Gasteiger partial charge < -0.3 is 0 Å². The summed E-state index contributed by atoms with van der Waals surface area (Å²) >= 11 is 31.9. The summed E-state index contributed by atoms with van der Waals surface area (Å²) in [6, 6.07) is 123. The van der Waals surface area contributed by atoms with E-state index < -0.39 is 0 Å². The molecule has 558 valence electrons. The summed E-state index contributed by atoms with van der Waals surface area (Å²) in [5.41, 5.74) is 15.0. The number of rotatable bonds is 7. The van der Waals surface area contributed by atoms with Crippen LogP contribution in [0.1, 0.15) is 0 Å². The van der Waals surface area contributed by atoms with E-state index >= 15 is 0 Å². The molecule has 0 radical (unpaired) electrons. The molecular formula is C102H58Cl4N8S4. The quantitative estimate of drug-likeness (QED) is 0.115. The van der Waals surface area contributed by atoms with Crippen LogP contribution in [0.4, 0.5) is 0 Å². The number of thiophene rings is 4. The molecule has 8 heterocycles. The van der Waals surface area contributed by atoms with E-state index in [1.807, 2.05) is 24.3 Å². The first kappa shape index (κ1) is 72.9. The Kier molecular flexibility index (Phi) is 19.1. The number of hydrogen-bond acceptors (Lipinski definition) is 12. The average molecular weight is 1670 g/mol. The van der Waals surface area contributed by atoms with Crippen molar-refractivity contribution in [3.05, 3.63) is 373 Å². The van der Waals surface area contributed by atoms with Crippen LogP contribution in [0.5, 0.6) is 0 Å². The van der Waals surface area contributed by atoms with Crippen molar-refractivity contribution < 1.29 is 0 Å². The molecule has 0 unspecified atom stereocenters. The summed E-state index contributed by atoms with van der Waals surface area (Å²) < 4.78 is 4.77. The van der Waals surface area contributed by atoms with Crippen molar-refractivity contribution in [2.75, 3.05) is 0 Å². The summed E-state index contributed by atoms with van der Waals surface area (Å²) in [5.74, 6) is 0. The van der Waals surface area contributed by atoms with E-state index in [-0.39, 0.29) is 21.1 Å². The summed E-state index contributed by atoms with van der Waals surface area (Å²) in [6.07, 6.45) is 0. The Bertz CT molecular complexity index is 8090. The minimum atomic E-state index is 0.278. The summed E-state index contributed by atoms with van der Waals surface area (Å²) in [4.78, 5) is 40.3. The second-order valence-corrected chi connectivity index (χ2v) is 34.0. The van der Waals surface area contributed by atoms with Crippen LogP contribution in [0.2, 0.25) is 21.1 Å². The molecule has 0 fully saturated rings. The van der Waals surface area contributed by atoms with Crippen LogP contribution in [0.15, 0.2) is 352 Å². The molecule has 0 atom stereocenters. The zero-order valence-corrected chi connectivity index (χ0v) is 68.5. The van der Waals surface area contributed by atoms with Gasteiger partial charge in [0.1, 0.15) is 19.3 Å². The fourth-order valence-corrected chi connectivity index (χ4v) is 21.4. The highest BCUT2D eigenvalue weighted by molar-refractivity contribution is 7.26. The molecule has 16 aromatic carbocycles. The molecule has 0 bridgehead atoms.